The molecule has 0 aliphatic carbocycles. The maximum Gasteiger partial charge on any atom is 0.410 e. The Morgan fingerprint density at radius 3 is 2.54 bits per heavy atom. The third-order valence-corrected chi connectivity index (χ3v) is 5.35. The average molecular weight is 406 g/mol. The monoisotopic (exact) mass is 405 g/mol. The van der Waals surface area contributed by atoms with Gasteiger partial charge < -0.3 is 14.4 Å². The fourth-order valence-electron chi connectivity index (χ4n) is 2.99. The smallest absolute Gasteiger partial charge is 0.410 e. The molecule has 0 radical (unpaired) electrons. The molecule has 0 bridgehead atoms. The Hall–Kier alpha value is -2.19. The van der Waals surface area contributed by atoms with Gasteiger partial charge in [-0.05, 0) is 39.8 Å². The van der Waals surface area contributed by atoms with Crippen molar-refractivity contribution >= 4 is 33.6 Å². The van der Waals surface area contributed by atoms with Crippen LogP contribution in [-0.4, -0.2) is 65.2 Å². The molecule has 0 atom stereocenters. The van der Waals surface area contributed by atoms with Crippen molar-refractivity contribution in [3.05, 3.63) is 28.8 Å². The van der Waals surface area contributed by atoms with Crippen LogP contribution in [0.5, 0.6) is 0 Å². The van der Waals surface area contributed by atoms with Crippen LogP contribution < -0.4 is 0 Å². The van der Waals surface area contributed by atoms with Crippen molar-refractivity contribution in [2.45, 2.75) is 39.8 Å². The van der Waals surface area contributed by atoms with E-state index >= 15 is 0 Å². The Morgan fingerprint density at radius 2 is 1.89 bits per heavy atom. The van der Waals surface area contributed by atoms with Gasteiger partial charge in [-0.25, -0.2) is 14.6 Å². The van der Waals surface area contributed by atoms with Gasteiger partial charge >= 0.3 is 12.1 Å². The zero-order valence-corrected chi connectivity index (χ0v) is 17.7. The van der Waals surface area contributed by atoms with E-state index in [9.17, 15) is 9.59 Å². The van der Waals surface area contributed by atoms with Crippen molar-refractivity contribution in [3.8, 4) is 0 Å². The number of carbonyl (C=O) groups excluding carboxylic acids is 2. The highest BCUT2D eigenvalue weighted by molar-refractivity contribution is 7.20. The molecule has 1 fully saturated rings. The number of thiophene rings is 1. The number of pyridine rings is 1. The number of aromatic nitrogens is 1. The number of hydrogen-bond donors (Lipinski definition) is 0. The van der Waals surface area contributed by atoms with Crippen LogP contribution in [0.25, 0.3) is 10.2 Å². The zero-order chi connectivity index (χ0) is 20.3. The predicted octanol–water partition coefficient (Wildman–Crippen LogP) is 3.53. The van der Waals surface area contributed by atoms with Crippen LogP contribution in [0.3, 0.4) is 0 Å². The third kappa shape index (κ3) is 5.20. The van der Waals surface area contributed by atoms with Crippen LogP contribution in [0.1, 0.15) is 43.1 Å². The maximum atomic E-state index is 12.2. The molecule has 0 aromatic carbocycles. The Kier molecular flexibility index (Phi) is 6.20. The van der Waals surface area contributed by atoms with Crippen molar-refractivity contribution < 1.29 is 19.1 Å². The summed E-state index contributed by atoms with van der Waals surface area (Å²) in [7, 11) is 0. The number of hydrogen-bond acceptors (Lipinski definition) is 7. The first-order valence-electron chi connectivity index (χ1n) is 9.52. The summed E-state index contributed by atoms with van der Waals surface area (Å²) in [6, 6.07) is 5.81. The van der Waals surface area contributed by atoms with Crippen molar-refractivity contribution in [3.63, 3.8) is 0 Å². The topological polar surface area (TPSA) is 72.0 Å². The van der Waals surface area contributed by atoms with Gasteiger partial charge in [-0.2, -0.15) is 0 Å². The Balaban J connectivity index is 1.58. The number of piperazine rings is 1. The van der Waals surface area contributed by atoms with E-state index in [1.807, 2.05) is 39.0 Å². The molecule has 0 spiro atoms. The summed E-state index contributed by atoms with van der Waals surface area (Å²) < 4.78 is 10.5. The second-order valence-electron chi connectivity index (χ2n) is 7.77. The molecule has 152 valence electrons. The number of nitrogens with zero attached hydrogens (tertiary/aromatic N) is 3. The SMILES string of the molecule is CCOC(=O)c1cc2ccc(CN3CCN(C(=O)OC(C)(C)C)CC3)nc2s1. The van der Waals surface area contributed by atoms with Crippen LogP contribution >= 0.6 is 11.3 Å². The Bertz CT molecular complexity index is 851. The van der Waals surface area contributed by atoms with Gasteiger partial charge in [-0.15, -0.1) is 11.3 Å². The van der Waals surface area contributed by atoms with Gasteiger partial charge in [0, 0.05) is 38.1 Å². The van der Waals surface area contributed by atoms with Crippen LogP contribution in [0.4, 0.5) is 4.79 Å². The summed E-state index contributed by atoms with van der Waals surface area (Å²) in [5.74, 6) is -0.301. The van der Waals surface area contributed by atoms with Gasteiger partial charge in [-0.3, -0.25) is 4.90 Å². The van der Waals surface area contributed by atoms with Crippen LogP contribution in [-0.2, 0) is 16.0 Å². The molecule has 28 heavy (non-hydrogen) atoms. The first-order chi connectivity index (χ1) is 13.2. The second kappa shape index (κ2) is 8.45. The lowest BCUT2D eigenvalue weighted by Gasteiger charge is -2.35. The van der Waals surface area contributed by atoms with Crippen molar-refractivity contribution in [2.24, 2.45) is 0 Å². The Labute approximate surface area is 169 Å². The molecule has 3 heterocycles. The summed E-state index contributed by atoms with van der Waals surface area (Å²) in [4.78, 5) is 34.2. The summed E-state index contributed by atoms with van der Waals surface area (Å²) in [5, 5.41) is 0.951. The van der Waals surface area contributed by atoms with Gasteiger partial charge in [0.25, 0.3) is 0 Å². The van der Waals surface area contributed by atoms with Gasteiger partial charge in [0.05, 0.1) is 12.3 Å². The minimum atomic E-state index is -0.476. The average Bonchev–Trinajstić information content (AvgIpc) is 3.04. The number of esters is 1. The largest absolute Gasteiger partial charge is 0.462 e. The minimum absolute atomic E-state index is 0.253. The molecule has 3 rings (SSSR count). The third-order valence-electron chi connectivity index (χ3n) is 4.33. The normalized spacial score (nSPS) is 15.6. The number of carbonyl (C=O) groups is 2. The molecular weight excluding hydrogens is 378 g/mol. The van der Waals surface area contributed by atoms with Crippen LogP contribution in [0.15, 0.2) is 18.2 Å². The van der Waals surface area contributed by atoms with Crippen molar-refractivity contribution in [2.75, 3.05) is 32.8 Å². The first kappa shape index (κ1) is 20.5. The quantitative estimate of drug-likeness (QED) is 0.725. The first-order valence-corrected chi connectivity index (χ1v) is 10.3. The molecule has 0 saturated carbocycles. The summed E-state index contributed by atoms with van der Waals surface area (Å²) in [6.07, 6.45) is -0.253. The molecule has 1 aliphatic heterocycles. The fourth-order valence-corrected chi connectivity index (χ4v) is 3.94. The lowest BCUT2D eigenvalue weighted by Crippen LogP contribution is -2.49. The van der Waals surface area contributed by atoms with Crippen molar-refractivity contribution in [1.82, 2.24) is 14.8 Å². The highest BCUT2D eigenvalue weighted by Crippen LogP contribution is 2.25. The molecule has 0 unspecified atom stereocenters. The lowest BCUT2D eigenvalue weighted by molar-refractivity contribution is 0.0138. The second-order valence-corrected chi connectivity index (χ2v) is 8.80. The van der Waals surface area contributed by atoms with E-state index in [0.717, 1.165) is 29.0 Å². The van der Waals surface area contributed by atoms with Gasteiger partial charge in [0.1, 0.15) is 15.3 Å². The molecule has 7 nitrogen and oxygen atoms in total. The molecule has 8 heteroatoms. The van der Waals surface area contributed by atoms with E-state index in [2.05, 4.69) is 4.90 Å². The molecule has 0 N–H and O–H groups in total. The minimum Gasteiger partial charge on any atom is -0.462 e. The number of rotatable bonds is 4. The summed E-state index contributed by atoms with van der Waals surface area (Å²) in [5.41, 5.74) is 0.479. The van der Waals surface area contributed by atoms with E-state index < -0.39 is 5.60 Å². The van der Waals surface area contributed by atoms with Gasteiger partial charge in [0.2, 0.25) is 0 Å². The van der Waals surface area contributed by atoms with E-state index in [-0.39, 0.29) is 12.1 Å². The molecule has 1 saturated heterocycles. The highest BCUT2D eigenvalue weighted by Gasteiger charge is 2.26. The number of amides is 1. The zero-order valence-electron chi connectivity index (χ0n) is 16.9. The number of ether oxygens (including phenoxy) is 2. The lowest BCUT2D eigenvalue weighted by atomic mass is 10.2. The summed E-state index contributed by atoms with van der Waals surface area (Å²) in [6.45, 7) is 11.3. The van der Waals surface area contributed by atoms with Crippen LogP contribution in [0, 0.1) is 0 Å². The van der Waals surface area contributed by atoms with Gasteiger partial charge in [0.15, 0.2) is 0 Å². The molecule has 2 aromatic heterocycles. The number of fused-ring (bicyclic) bond motifs is 1. The molecule has 2 aromatic rings. The molecule has 1 aliphatic rings. The van der Waals surface area contributed by atoms with Crippen LogP contribution in [0.2, 0.25) is 0 Å². The summed E-state index contributed by atoms with van der Waals surface area (Å²) >= 11 is 1.36. The molecular formula is C20H27N3O4S. The van der Waals surface area contributed by atoms with E-state index in [1.54, 1.807) is 11.8 Å². The molecule has 1 amide bonds. The highest BCUT2D eigenvalue weighted by atomic mass is 32.1. The van der Waals surface area contributed by atoms with E-state index in [0.29, 0.717) is 31.1 Å². The maximum absolute atomic E-state index is 12.2. The van der Waals surface area contributed by atoms with E-state index in [1.165, 1.54) is 11.3 Å². The van der Waals surface area contributed by atoms with Crippen molar-refractivity contribution in [1.29, 1.82) is 0 Å². The fraction of sp³-hybridized carbons (Fsp3) is 0.550. The van der Waals surface area contributed by atoms with E-state index in [4.69, 9.17) is 14.5 Å². The standard InChI is InChI=1S/C20H27N3O4S/c1-5-26-18(24)16-12-14-6-7-15(21-17(14)28-16)13-22-8-10-23(11-9-22)19(25)27-20(2,3)4/h6-7,12H,5,8-11,13H2,1-4H3. The Morgan fingerprint density at radius 1 is 1.18 bits per heavy atom. The van der Waals surface area contributed by atoms with Gasteiger partial charge in [-0.1, -0.05) is 6.07 Å². The predicted molar refractivity (Wildman–Crippen MR) is 109 cm³/mol.